The fourth-order valence-corrected chi connectivity index (χ4v) is 5.20. The van der Waals surface area contributed by atoms with Crippen molar-refractivity contribution in [2.24, 2.45) is 0 Å². The molecule has 0 spiro atoms. The van der Waals surface area contributed by atoms with Crippen molar-refractivity contribution in [1.29, 1.82) is 0 Å². The molecule has 0 saturated carbocycles. The van der Waals surface area contributed by atoms with Crippen molar-refractivity contribution in [1.82, 2.24) is 19.5 Å². The molecule has 7 heteroatoms. The van der Waals surface area contributed by atoms with E-state index in [1.807, 2.05) is 58.8 Å². The minimum atomic E-state index is 0.0209. The van der Waals surface area contributed by atoms with Crippen LogP contribution >= 0.6 is 0 Å². The first-order valence-corrected chi connectivity index (χ1v) is 11.8. The third-order valence-corrected chi connectivity index (χ3v) is 6.98. The van der Waals surface area contributed by atoms with E-state index in [4.69, 9.17) is 19.6 Å². The van der Waals surface area contributed by atoms with Gasteiger partial charge in [0.15, 0.2) is 5.65 Å². The fraction of sp³-hybridized carbons (Fsp3) is 0.370. The van der Waals surface area contributed by atoms with Gasteiger partial charge in [-0.1, -0.05) is 12.1 Å². The number of aromatic nitrogens is 3. The van der Waals surface area contributed by atoms with E-state index >= 15 is 0 Å². The summed E-state index contributed by atoms with van der Waals surface area (Å²) in [4.78, 5) is 20.2. The maximum atomic E-state index is 13.4. The lowest BCUT2D eigenvalue weighted by molar-refractivity contribution is -0.132. The van der Waals surface area contributed by atoms with Crippen LogP contribution in [-0.4, -0.2) is 46.2 Å². The number of carbonyl (C=O) groups excluding carboxylic acids is 1. The molecule has 1 amide bonds. The second-order valence-corrected chi connectivity index (χ2v) is 8.87. The largest absolute Gasteiger partial charge is 0.497 e. The highest BCUT2D eigenvalue weighted by Gasteiger charge is 2.32. The quantitative estimate of drug-likeness (QED) is 0.415. The fourth-order valence-electron chi connectivity index (χ4n) is 5.20. The molecule has 34 heavy (non-hydrogen) atoms. The number of benzene rings is 2. The first-order chi connectivity index (χ1) is 16.5. The molecule has 176 valence electrons. The van der Waals surface area contributed by atoms with Crippen LogP contribution < -0.4 is 9.47 Å². The molecule has 0 N–H and O–H groups in total. The Kier molecular flexibility index (Phi) is 5.86. The molecule has 0 aliphatic carbocycles. The number of nitrogens with zero attached hydrogens (tertiary/aromatic N) is 4. The first-order valence-electron chi connectivity index (χ1n) is 11.8. The molecule has 2 aromatic heterocycles. The molecule has 4 aromatic rings. The van der Waals surface area contributed by atoms with Gasteiger partial charge >= 0.3 is 0 Å². The third kappa shape index (κ3) is 3.75. The number of hydrogen-bond acceptors (Lipinski definition) is 5. The lowest BCUT2D eigenvalue weighted by Gasteiger charge is -2.27. The van der Waals surface area contributed by atoms with E-state index in [1.165, 1.54) is 0 Å². The van der Waals surface area contributed by atoms with E-state index < -0.39 is 0 Å². The SMILES string of the molecule is COc1ccc([C@H]2CCCN2C(=O)CCc2c(C)nc3c4ccccc4nn3c2C)c(OC)c1. The van der Waals surface area contributed by atoms with Crippen molar-refractivity contribution in [3.05, 3.63) is 65.0 Å². The van der Waals surface area contributed by atoms with Crippen molar-refractivity contribution in [2.45, 2.75) is 45.6 Å². The van der Waals surface area contributed by atoms with Crippen molar-refractivity contribution in [3.63, 3.8) is 0 Å². The van der Waals surface area contributed by atoms with Crippen LogP contribution in [-0.2, 0) is 11.2 Å². The molecular formula is C27H30N4O3. The van der Waals surface area contributed by atoms with Crippen molar-refractivity contribution in [2.75, 3.05) is 20.8 Å². The van der Waals surface area contributed by atoms with Crippen LogP contribution in [0.5, 0.6) is 11.5 Å². The average Bonchev–Trinajstić information content (AvgIpc) is 3.49. The van der Waals surface area contributed by atoms with Crippen LogP contribution in [0.2, 0.25) is 0 Å². The topological polar surface area (TPSA) is 69.0 Å². The Balaban J connectivity index is 1.38. The van der Waals surface area contributed by atoms with Crippen molar-refractivity contribution >= 4 is 22.5 Å². The monoisotopic (exact) mass is 458 g/mol. The minimum Gasteiger partial charge on any atom is -0.497 e. The Hall–Kier alpha value is -3.61. The number of ether oxygens (including phenoxy) is 2. The van der Waals surface area contributed by atoms with Gasteiger partial charge in [0.2, 0.25) is 5.91 Å². The molecule has 0 unspecified atom stereocenters. The summed E-state index contributed by atoms with van der Waals surface area (Å²) in [5.41, 5.74) is 5.92. The smallest absolute Gasteiger partial charge is 0.223 e. The molecule has 3 heterocycles. The summed E-state index contributed by atoms with van der Waals surface area (Å²) in [5.74, 6) is 1.66. The molecule has 2 aromatic carbocycles. The van der Waals surface area contributed by atoms with E-state index in [-0.39, 0.29) is 11.9 Å². The van der Waals surface area contributed by atoms with Crippen LogP contribution in [0.25, 0.3) is 16.6 Å². The summed E-state index contributed by atoms with van der Waals surface area (Å²) in [6.07, 6.45) is 2.99. The maximum Gasteiger partial charge on any atom is 0.223 e. The molecule has 1 aliphatic heterocycles. The average molecular weight is 459 g/mol. The van der Waals surface area contributed by atoms with Crippen molar-refractivity contribution < 1.29 is 14.3 Å². The minimum absolute atomic E-state index is 0.0209. The highest BCUT2D eigenvalue weighted by atomic mass is 16.5. The number of fused-ring (bicyclic) bond motifs is 3. The number of methoxy groups -OCH3 is 2. The van der Waals surface area contributed by atoms with E-state index in [9.17, 15) is 4.79 Å². The van der Waals surface area contributed by atoms with Crippen LogP contribution in [0.3, 0.4) is 0 Å². The Bertz CT molecular complexity index is 1380. The lowest BCUT2D eigenvalue weighted by Crippen LogP contribution is -2.31. The zero-order chi connectivity index (χ0) is 23.8. The lowest BCUT2D eigenvalue weighted by atomic mass is 10.0. The maximum absolute atomic E-state index is 13.4. The summed E-state index contributed by atoms with van der Waals surface area (Å²) < 4.78 is 12.9. The predicted molar refractivity (Wildman–Crippen MR) is 132 cm³/mol. The van der Waals surface area contributed by atoms with Crippen LogP contribution in [0.1, 0.15) is 47.8 Å². The zero-order valence-corrected chi connectivity index (χ0v) is 20.2. The van der Waals surface area contributed by atoms with E-state index in [0.717, 1.165) is 70.0 Å². The van der Waals surface area contributed by atoms with E-state index in [0.29, 0.717) is 12.8 Å². The van der Waals surface area contributed by atoms with Crippen LogP contribution in [0.15, 0.2) is 42.5 Å². The first kappa shape index (κ1) is 22.2. The van der Waals surface area contributed by atoms with Gasteiger partial charge in [-0.05, 0) is 62.9 Å². The van der Waals surface area contributed by atoms with Gasteiger partial charge in [0.1, 0.15) is 11.5 Å². The second-order valence-electron chi connectivity index (χ2n) is 8.87. The Labute approximate surface area is 199 Å². The van der Waals surface area contributed by atoms with Gasteiger partial charge in [-0.25, -0.2) is 9.50 Å². The highest BCUT2D eigenvalue weighted by Crippen LogP contribution is 2.39. The number of amides is 1. The summed E-state index contributed by atoms with van der Waals surface area (Å²) in [5, 5.41) is 5.79. The standard InChI is InChI=1S/C27H30N4O3/c1-17-20(18(2)31-27(28-17)21-8-5-6-9-23(21)29-31)13-14-26(32)30-15-7-10-24(30)22-12-11-19(33-3)16-25(22)34-4/h5-6,8-9,11-12,16,24H,7,10,13-15H2,1-4H3/t24-/m1/s1. The number of rotatable bonds is 6. The molecule has 5 rings (SSSR count). The van der Waals surface area contributed by atoms with E-state index in [1.54, 1.807) is 14.2 Å². The number of aryl methyl sites for hydroxylation is 2. The number of carbonyl (C=O) groups is 1. The van der Waals surface area contributed by atoms with Crippen LogP contribution in [0, 0.1) is 13.8 Å². The number of hydrogen-bond donors (Lipinski definition) is 0. The Morgan fingerprint density at radius 3 is 2.74 bits per heavy atom. The van der Waals surface area contributed by atoms with Gasteiger partial charge in [-0.2, -0.15) is 5.10 Å². The third-order valence-electron chi connectivity index (χ3n) is 6.98. The zero-order valence-electron chi connectivity index (χ0n) is 20.2. The van der Waals surface area contributed by atoms with Gasteiger partial charge in [0.25, 0.3) is 0 Å². The van der Waals surface area contributed by atoms with Gasteiger partial charge in [0.05, 0.1) is 25.8 Å². The van der Waals surface area contributed by atoms with Crippen molar-refractivity contribution in [3.8, 4) is 11.5 Å². The molecule has 1 fully saturated rings. The normalized spacial score (nSPS) is 15.9. The summed E-state index contributed by atoms with van der Waals surface area (Å²) in [6.45, 7) is 4.85. The summed E-state index contributed by atoms with van der Waals surface area (Å²) in [7, 11) is 3.30. The molecule has 7 nitrogen and oxygen atoms in total. The van der Waals surface area contributed by atoms with Gasteiger partial charge in [0, 0.05) is 41.4 Å². The Morgan fingerprint density at radius 2 is 1.94 bits per heavy atom. The summed E-state index contributed by atoms with van der Waals surface area (Å²) in [6, 6.07) is 13.9. The molecule has 1 aliphatic rings. The summed E-state index contributed by atoms with van der Waals surface area (Å²) >= 11 is 0. The van der Waals surface area contributed by atoms with Gasteiger partial charge < -0.3 is 14.4 Å². The highest BCUT2D eigenvalue weighted by molar-refractivity contribution is 5.92. The molecule has 0 radical (unpaired) electrons. The molecular weight excluding hydrogens is 428 g/mol. The Morgan fingerprint density at radius 1 is 1.12 bits per heavy atom. The van der Waals surface area contributed by atoms with Gasteiger partial charge in [-0.15, -0.1) is 0 Å². The molecule has 1 saturated heterocycles. The molecule has 0 bridgehead atoms. The van der Waals surface area contributed by atoms with Crippen LogP contribution in [0.4, 0.5) is 0 Å². The second kappa shape index (κ2) is 8.97. The predicted octanol–water partition coefficient (Wildman–Crippen LogP) is 4.81. The molecule has 1 atom stereocenters. The van der Waals surface area contributed by atoms with E-state index in [2.05, 4.69) is 6.92 Å². The van der Waals surface area contributed by atoms with Gasteiger partial charge in [-0.3, -0.25) is 4.79 Å². The number of likely N-dealkylation sites (tertiary alicyclic amines) is 1.